The number of hydrogen-bond acceptors (Lipinski definition) is 4. The molecule has 1 fully saturated rings. The van der Waals surface area contributed by atoms with Crippen molar-refractivity contribution in [1.82, 2.24) is 9.97 Å². The lowest BCUT2D eigenvalue weighted by Crippen LogP contribution is -2.08. The van der Waals surface area contributed by atoms with Gasteiger partial charge in [-0.3, -0.25) is 4.98 Å². The van der Waals surface area contributed by atoms with E-state index >= 15 is 0 Å². The smallest absolute Gasteiger partial charge is 0.143 e. The van der Waals surface area contributed by atoms with Crippen molar-refractivity contribution < 1.29 is 0 Å². The topological polar surface area (TPSA) is 51.8 Å². The van der Waals surface area contributed by atoms with Gasteiger partial charge in [0.05, 0.1) is 12.4 Å². The minimum atomic E-state index is 0.519. The van der Waals surface area contributed by atoms with Gasteiger partial charge >= 0.3 is 0 Å². The predicted octanol–water partition coefficient (Wildman–Crippen LogP) is 2.48. The van der Waals surface area contributed by atoms with Crippen molar-refractivity contribution in [3.63, 3.8) is 0 Å². The van der Waals surface area contributed by atoms with Crippen LogP contribution < -0.4 is 5.73 Å². The summed E-state index contributed by atoms with van der Waals surface area (Å²) < 4.78 is 0. The van der Waals surface area contributed by atoms with E-state index in [4.69, 9.17) is 5.73 Å². The van der Waals surface area contributed by atoms with Crippen molar-refractivity contribution in [2.75, 3.05) is 5.73 Å². The Bertz CT molecular complexity index is 297. The van der Waals surface area contributed by atoms with Crippen LogP contribution in [0, 0.1) is 0 Å². The molecular weight excluding hydrogens is 194 g/mol. The second-order valence-corrected chi connectivity index (χ2v) is 4.98. The van der Waals surface area contributed by atoms with E-state index in [1.54, 1.807) is 12.4 Å². The molecule has 0 radical (unpaired) electrons. The number of rotatable bonds is 2. The maximum absolute atomic E-state index is 5.58. The van der Waals surface area contributed by atoms with E-state index in [1.807, 2.05) is 11.8 Å². The molecule has 4 heteroatoms. The third-order valence-electron chi connectivity index (χ3n) is 2.47. The molecule has 14 heavy (non-hydrogen) atoms. The van der Waals surface area contributed by atoms with Crippen LogP contribution in [0.2, 0.25) is 0 Å². The van der Waals surface area contributed by atoms with Crippen LogP contribution in [0.25, 0.3) is 0 Å². The van der Waals surface area contributed by atoms with Gasteiger partial charge in [0.1, 0.15) is 10.8 Å². The lowest BCUT2D eigenvalue weighted by Gasteiger charge is -2.20. The maximum atomic E-state index is 5.58. The Kier molecular flexibility index (Phi) is 3.24. The first-order valence-electron chi connectivity index (χ1n) is 5.09. The normalized spacial score (nSPS) is 18.3. The van der Waals surface area contributed by atoms with Crippen LogP contribution in [0.15, 0.2) is 17.4 Å². The van der Waals surface area contributed by atoms with Crippen LogP contribution in [0.5, 0.6) is 0 Å². The molecule has 0 atom stereocenters. The highest BCUT2D eigenvalue weighted by atomic mass is 32.2. The zero-order valence-corrected chi connectivity index (χ0v) is 8.96. The van der Waals surface area contributed by atoms with Gasteiger partial charge in [-0.2, -0.15) is 0 Å². The van der Waals surface area contributed by atoms with Crippen LogP contribution in [-0.2, 0) is 0 Å². The number of anilines is 1. The number of nitrogens with two attached hydrogens (primary N) is 1. The van der Waals surface area contributed by atoms with Gasteiger partial charge in [-0.1, -0.05) is 19.3 Å². The predicted molar refractivity (Wildman–Crippen MR) is 59.2 cm³/mol. The molecular formula is C10H15N3S. The molecule has 3 nitrogen and oxygen atoms in total. The van der Waals surface area contributed by atoms with Crippen LogP contribution in [-0.4, -0.2) is 15.2 Å². The van der Waals surface area contributed by atoms with Crippen molar-refractivity contribution in [2.24, 2.45) is 0 Å². The summed E-state index contributed by atoms with van der Waals surface area (Å²) in [5.41, 5.74) is 5.58. The van der Waals surface area contributed by atoms with Gasteiger partial charge in [0, 0.05) is 5.25 Å². The summed E-state index contributed by atoms with van der Waals surface area (Å²) in [6.07, 6.45) is 10.1. The zero-order chi connectivity index (χ0) is 9.80. The van der Waals surface area contributed by atoms with Crippen molar-refractivity contribution >= 4 is 17.6 Å². The summed E-state index contributed by atoms with van der Waals surface area (Å²) in [4.78, 5) is 8.29. The highest BCUT2D eigenvalue weighted by Gasteiger charge is 2.15. The standard InChI is InChI=1S/C10H15N3S/c11-9-6-12-7-10(13-9)14-8-4-2-1-3-5-8/h6-8H,1-5H2,(H2,11,13). The number of hydrogen-bond donors (Lipinski definition) is 1. The minimum absolute atomic E-state index is 0.519. The molecule has 0 amide bonds. The monoisotopic (exact) mass is 209 g/mol. The number of thioether (sulfide) groups is 1. The molecule has 1 aromatic rings. The molecule has 0 bridgehead atoms. The lowest BCUT2D eigenvalue weighted by molar-refractivity contribution is 0.515. The third-order valence-corrected chi connectivity index (χ3v) is 3.71. The molecule has 2 rings (SSSR count). The van der Waals surface area contributed by atoms with E-state index < -0.39 is 0 Å². The van der Waals surface area contributed by atoms with Gasteiger partial charge < -0.3 is 5.73 Å². The second-order valence-electron chi connectivity index (χ2n) is 3.66. The first-order valence-corrected chi connectivity index (χ1v) is 5.97. The summed E-state index contributed by atoms with van der Waals surface area (Å²) in [6, 6.07) is 0. The fourth-order valence-electron chi connectivity index (χ4n) is 1.77. The summed E-state index contributed by atoms with van der Waals surface area (Å²) in [5, 5.41) is 1.69. The Hall–Kier alpha value is -0.770. The number of nitrogen functional groups attached to an aromatic ring is 1. The van der Waals surface area contributed by atoms with Gasteiger partial charge in [0.25, 0.3) is 0 Å². The van der Waals surface area contributed by atoms with E-state index in [2.05, 4.69) is 9.97 Å². The van der Waals surface area contributed by atoms with E-state index in [0.717, 1.165) is 10.3 Å². The van der Waals surface area contributed by atoms with Crippen LogP contribution >= 0.6 is 11.8 Å². The average molecular weight is 209 g/mol. The number of aromatic nitrogens is 2. The molecule has 1 heterocycles. The van der Waals surface area contributed by atoms with E-state index in [0.29, 0.717) is 5.82 Å². The van der Waals surface area contributed by atoms with Crippen LogP contribution in [0.3, 0.4) is 0 Å². The van der Waals surface area contributed by atoms with Gasteiger partial charge in [-0.15, -0.1) is 11.8 Å². The van der Waals surface area contributed by atoms with Gasteiger partial charge in [0.2, 0.25) is 0 Å². The van der Waals surface area contributed by atoms with Crippen LogP contribution in [0.4, 0.5) is 5.82 Å². The van der Waals surface area contributed by atoms with Crippen molar-refractivity contribution in [2.45, 2.75) is 42.4 Å². The Morgan fingerprint density at radius 1 is 1.21 bits per heavy atom. The summed E-state index contributed by atoms with van der Waals surface area (Å²) in [7, 11) is 0. The Balaban J connectivity index is 1.95. The Morgan fingerprint density at radius 2 is 2.00 bits per heavy atom. The zero-order valence-electron chi connectivity index (χ0n) is 8.15. The van der Waals surface area contributed by atoms with Crippen LogP contribution in [0.1, 0.15) is 32.1 Å². The van der Waals surface area contributed by atoms with Crippen molar-refractivity contribution in [1.29, 1.82) is 0 Å². The van der Waals surface area contributed by atoms with Crippen molar-refractivity contribution in [3.8, 4) is 0 Å². The molecule has 0 spiro atoms. The van der Waals surface area contributed by atoms with E-state index in [9.17, 15) is 0 Å². The van der Waals surface area contributed by atoms with Gasteiger partial charge in [-0.25, -0.2) is 4.98 Å². The van der Waals surface area contributed by atoms with Gasteiger partial charge in [-0.05, 0) is 12.8 Å². The van der Waals surface area contributed by atoms with E-state index in [-0.39, 0.29) is 0 Å². The fourth-order valence-corrected chi connectivity index (χ4v) is 2.96. The second kappa shape index (κ2) is 4.64. The quantitative estimate of drug-likeness (QED) is 0.813. The first kappa shape index (κ1) is 9.77. The van der Waals surface area contributed by atoms with E-state index in [1.165, 1.54) is 32.1 Å². The highest BCUT2D eigenvalue weighted by Crippen LogP contribution is 2.32. The third kappa shape index (κ3) is 2.61. The Labute approximate surface area is 88.5 Å². The summed E-state index contributed by atoms with van der Waals surface area (Å²) >= 11 is 1.83. The molecule has 1 saturated carbocycles. The molecule has 1 aliphatic carbocycles. The Morgan fingerprint density at radius 3 is 2.71 bits per heavy atom. The molecule has 0 saturated heterocycles. The molecule has 2 N–H and O–H groups in total. The summed E-state index contributed by atoms with van der Waals surface area (Å²) in [6.45, 7) is 0. The average Bonchev–Trinajstić information content (AvgIpc) is 2.19. The fraction of sp³-hybridized carbons (Fsp3) is 0.600. The highest BCUT2D eigenvalue weighted by molar-refractivity contribution is 7.99. The summed E-state index contributed by atoms with van der Waals surface area (Å²) in [5.74, 6) is 0.519. The van der Waals surface area contributed by atoms with Crippen molar-refractivity contribution in [3.05, 3.63) is 12.4 Å². The maximum Gasteiger partial charge on any atom is 0.143 e. The number of nitrogens with zero attached hydrogens (tertiary/aromatic N) is 2. The van der Waals surface area contributed by atoms with Gasteiger partial charge in [0.15, 0.2) is 0 Å². The molecule has 0 unspecified atom stereocenters. The molecule has 0 aromatic carbocycles. The molecule has 76 valence electrons. The largest absolute Gasteiger partial charge is 0.382 e. The SMILES string of the molecule is Nc1cncc(SC2CCCCC2)n1. The lowest BCUT2D eigenvalue weighted by atomic mass is 10.0. The molecule has 1 aliphatic rings. The minimum Gasteiger partial charge on any atom is -0.382 e. The first-order chi connectivity index (χ1) is 6.84. The molecule has 1 aromatic heterocycles. The molecule has 0 aliphatic heterocycles.